The number of aromatic nitrogens is 2. The summed E-state index contributed by atoms with van der Waals surface area (Å²) < 4.78 is 10.6. The molecule has 5 nitrogen and oxygen atoms in total. The maximum absolute atomic E-state index is 11.6. The monoisotopic (exact) mass is 284 g/mol. The summed E-state index contributed by atoms with van der Waals surface area (Å²) in [6, 6.07) is 0. The molecule has 0 saturated carbocycles. The fourth-order valence-corrected chi connectivity index (χ4v) is 1.73. The van der Waals surface area contributed by atoms with Crippen LogP contribution in [-0.4, -0.2) is 34.4 Å². The number of hydrogen-bond acceptors (Lipinski definition) is 6. The topological polar surface area (TPSA) is 61.3 Å². The van der Waals surface area contributed by atoms with Gasteiger partial charge in [0.25, 0.3) is 0 Å². The van der Waals surface area contributed by atoms with Gasteiger partial charge in [-0.2, -0.15) is 0 Å². The molecule has 1 rings (SSSR count). The Balaban J connectivity index is 2.65. The molecule has 0 radical (unpaired) electrons. The number of rotatable bonds is 5. The third kappa shape index (κ3) is 5.46. The Morgan fingerprint density at radius 2 is 2.11 bits per heavy atom. The Morgan fingerprint density at radius 3 is 2.63 bits per heavy atom. The molecule has 0 aliphatic rings. The summed E-state index contributed by atoms with van der Waals surface area (Å²) in [5.74, 6) is 0.134. The van der Waals surface area contributed by atoms with Crippen LogP contribution in [0.25, 0.3) is 0 Å². The van der Waals surface area contributed by atoms with Gasteiger partial charge in [0.05, 0.1) is 11.9 Å². The highest BCUT2D eigenvalue weighted by Crippen LogP contribution is 2.19. The fraction of sp³-hybridized carbons (Fsp3) is 0.615. The maximum atomic E-state index is 11.6. The zero-order valence-corrected chi connectivity index (χ0v) is 12.8. The van der Waals surface area contributed by atoms with Crippen LogP contribution in [0, 0.1) is 0 Å². The number of esters is 1. The smallest absolute Gasteiger partial charge is 0.344 e. The first-order valence-corrected chi connectivity index (χ1v) is 7.32. The standard InChI is InChI=1S/C13H20N2O3S/c1-6-9-10(7-14-12(15-9)19-5)17-8-11(16)18-13(2,3)4/h7H,6,8H2,1-5H3. The number of ether oxygens (including phenoxy) is 2. The summed E-state index contributed by atoms with van der Waals surface area (Å²) in [4.78, 5) is 20.0. The van der Waals surface area contributed by atoms with E-state index in [1.165, 1.54) is 11.8 Å². The Bertz CT molecular complexity index is 444. The van der Waals surface area contributed by atoms with Crippen LogP contribution < -0.4 is 4.74 Å². The third-order valence-corrected chi connectivity index (χ3v) is 2.65. The lowest BCUT2D eigenvalue weighted by molar-refractivity contribution is -0.157. The van der Waals surface area contributed by atoms with Gasteiger partial charge < -0.3 is 9.47 Å². The molecule has 0 saturated heterocycles. The van der Waals surface area contributed by atoms with Gasteiger partial charge in [-0.25, -0.2) is 14.8 Å². The lowest BCUT2D eigenvalue weighted by atomic mass is 10.2. The lowest BCUT2D eigenvalue weighted by Crippen LogP contribution is -2.27. The van der Waals surface area contributed by atoms with Crippen LogP contribution in [0.5, 0.6) is 5.75 Å². The summed E-state index contributed by atoms with van der Waals surface area (Å²) in [5.41, 5.74) is 0.288. The highest BCUT2D eigenvalue weighted by atomic mass is 32.2. The zero-order valence-electron chi connectivity index (χ0n) is 12.0. The van der Waals surface area contributed by atoms with E-state index >= 15 is 0 Å². The van der Waals surface area contributed by atoms with Gasteiger partial charge in [0.2, 0.25) is 0 Å². The summed E-state index contributed by atoms with van der Waals surface area (Å²) >= 11 is 1.47. The summed E-state index contributed by atoms with van der Waals surface area (Å²) in [6.45, 7) is 7.30. The van der Waals surface area contributed by atoms with Crippen molar-refractivity contribution in [2.45, 2.75) is 44.9 Å². The molecule has 0 aliphatic heterocycles. The van der Waals surface area contributed by atoms with E-state index in [4.69, 9.17) is 9.47 Å². The second-order valence-electron chi connectivity index (χ2n) is 4.90. The van der Waals surface area contributed by atoms with Crippen molar-refractivity contribution in [3.05, 3.63) is 11.9 Å². The largest absolute Gasteiger partial charge is 0.478 e. The number of nitrogens with zero attached hydrogens (tertiary/aromatic N) is 2. The summed E-state index contributed by atoms with van der Waals surface area (Å²) in [5, 5.41) is 0.696. The van der Waals surface area contributed by atoms with E-state index in [9.17, 15) is 4.79 Å². The number of carbonyl (C=O) groups excluding carboxylic acids is 1. The van der Waals surface area contributed by atoms with Crippen molar-refractivity contribution in [1.82, 2.24) is 9.97 Å². The average Bonchev–Trinajstić information content (AvgIpc) is 2.34. The molecule has 6 heteroatoms. The van der Waals surface area contributed by atoms with Crippen molar-refractivity contribution >= 4 is 17.7 Å². The van der Waals surface area contributed by atoms with Crippen molar-refractivity contribution in [2.24, 2.45) is 0 Å². The molecule has 1 aromatic heterocycles. The Morgan fingerprint density at radius 1 is 1.42 bits per heavy atom. The molecule has 0 aromatic carbocycles. The third-order valence-electron chi connectivity index (χ3n) is 2.09. The zero-order chi connectivity index (χ0) is 14.5. The fourth-order valence-electron chi connectivity index (χ4n) is 1.37. The number of hydrogen-bond donors (Lipinski definition) is 0. The molecule has 0 atom stereocenters. The van der Waals surface area contributed by atoms with Gasteiger partial charge in [-0.15, -0.1) is 0 Å². The van der Waals surface area contributed by atoms with E-state index in [1.54, 1.807) is 6.20 Å². The predicted octanol–water partition coefficient (Wildman–Crippen LogP) is 2.48. The van der Waals surface area contributed by atoms with Gasteiger partial charge in [0, 0.05) is 0 Å². The van der Waals surface area contributed by atoms with Crippen molar-refractivity contribution < 1.29 is 14.3 Å². The Kier molecular flexibility index (Phi) is 5.60. The van der Waals surface area contributed by atoms with Crippen LogP contribution >= 0.6 is 11.8 Å². The van der Waals surface area contributed by atoms with Crippen molar-refractivity contribution in [1.29, 1.82) is 0 Å². The minimum atomic E-state index is -0.507. The molecule has 0 spiro atoms. The molecular formula is C13H20N2O3S. The molecule has 0 aliphatic carbocycles. The van der Waals surface area contributed by atoms with E-state index in [0.717, 1.165) is 12.1 Å². The van der Waals surface area contributed by atoms with Crippen LogP contribution in [0.2, 0.25) is 0 Å². The van der Waals surface area contributed by atoms with Crippen LogP contribution in [-0.2, 0) is 16.0 Å². The van der Waals surface area contributed by atoms with Crippen LogP contribution in [0.3, 0.4) is 0 Å². The van der Waals surface area contributed by atoms with Crippen LogP contribution in [0.1, 0.15) is 33.4 Å². The van der Waals surface area contributed by atoms with Crippen LogP contribution in [0.15, 0.2) is 11.4 Å². The first kappa shape index (κ1) is 15.8. The van der Waals surface area contributed by atoms with Gasteiger partial charge in [0.15, 0.2) is 17.5 Å². The van der Waals surface area contributed by atoms with Gasteiger partial charge in [-0.1, -0.05) is 18.7 Å². The van der Waals surface area contributed by atoms with E-state index < -0.39 is 11.6 Å². The van der Waals surface area contributed by atoms with E-state index in [2.05, 4.69) is 9.97 Å². The molecule has 106 valence electrons. The minimum Gasteiger partial charge on any atom is -0.478 e. The molecule has 0 unspecified atom stereocenters. The second-order valence-corrected chi connectivity index (χ2v) is 5.67. The highest BCUT2D eigenvalue weighted by molar-refractivity contribution is 7.98. The summed E-state index contributed by atoms with van der Waals surface area (Å²) in [7, 11) is 0. The normalized spacial score (nSPS) is 11.2. The SMILES string of the molecule is CCc1nc(SC)ncc1OCC(=O)OC(C)(C)C. The number of thioether (sulfide) groups is 1. The molecule has 19 heavy (non-hydrogen) atoms. The maximum Gasteiger partial charge on any atom is 0.344 e. The van der Waals surface area contributed by atoms with Gasteiger partial charge >= 0.3 is 5.97 Å². The van der Waals surface area contributed by atoms with Crippen molar-refractivity contribution in [3.63, 3.8) is 0 Å². The number of carbonyl (C=O) groups is 1. The average molecular weight is 284 g/mol. The molecule has 1 heterocycles. The Labute approximate surface area is 118 Å². The van der Waals surface area contributed by atoms with E-state index in [-0.39, 0.29) is 6.61 Å². The number of aryl methyl sites for hydroxylation is 1. The van der Waals surface area contributed by atoms with Crippen LogP contribution in [0.4, 0.5) is 0 Å². The minimum absolute atomic E-state index is 0.133. The molecular weight excluding hydrogens is 264 g/mol. The molecule has 0 bridgehead atoms. The summed E-state index contributed by atoms with van der Waals surface area (Å²) in [6.07, 6.45) is 4.23. The van der Waals surface area contributed by atoms with Gasteiger partial charge in [-0.05, 0) is 33.4 Å². The quantitative estimate of drug-likeness (QED) is 0.470. The van der Waals surface area contributed by atoms with Crippen molar-refractivity contribution in [3.8, 4) is 5.75 Å². The first-order chi connectivity index (χ1) is 8.85. The van der Waals surface area contributed by atoms with Gasteiger partial charge in [-0.3, -0.25) is 0 Å². The van der Waals surface area contributed by atoms with E-state index in [1.807, 2.05) is 34.0 Å². The van der Waals surface area contributed by atoms with E-state index in [0.29, 0.717) is 10.9 Å². The second kappa shape index (κ2) is 6.75. The highest BCUT2D eigenvalue weighted by Gasteiger charge is 2.17. The van der Waals surface area contributed by atoms with Crippen molar-refractivity contribution in [2.75, 3.05) is 12.9 Å². The lowest BCUT2D eigenvalue weighted by Gasteiger charge is -2.19. The molecule has 1 aromatic rings. The molecule has 0 N–H and O–H groups in total. The van der Waals surface area contributed by atoms with Gasteiger partial charge in [0.1, 0.15) is 5.60 Å². The molecule has 0 amide bonds. The Hall–Kier alpha value is -1.30. The first-order valence-electron chi connectivity index (χ1n) is 6.10. The molecule has 0 fully saturated rings. The predicted molar refractivity (Wildman–Crippen MR) is 74.5 cm³/mol.